The molecule has 4 rings (SSSR count). The highest BCUT2D eigenvalue weighted by Gasteiger charge is 2.23. The molecule has 0 radical (unpaired) electrons. The predicted octanol–water partition coefficient (Wildman–Crippen LogP) is 3.76. The maximum Gasteiger partial charge on any atom is 0.237 e. The predicted molar refractivity (Wildman–Crippen MR) is 114 cm³/mol. The first-order valence-electron chi connectivity index (χ1n) is 8.87. The van der Waals surface area contributed by atoms with Crippen LogP contribution in [0.3, 0.4) is 0 Å². The molecule has 0 N–H and O–H groups in total. The first-order valence-corrected chi connectivity index (χ1v) is 10.8. The minimum Gasteiger partial charge on any atom is -0.310 e. The molecule has 0 saturated heterocycles. The molecule has 0 bridgehead atoms. The van der Waals surface area contributed by atoms with E-state index in [2.05, 4.69) is 27.8 Å². The maximum absolute atomic E-state index is 12.9. The molecule has 6 nitrogen and oxygen atoms in total. The van der Waals surface area contributed by atoms with Crippen molar-refractivity contribution in [3.05, 3.63) is 61.4 Å². The fraction of sp³-hybridized carbons (Fsp3) is 0.200. The molecule has 0 saturated carbocycles. The summed E-state index contributed by atoms with van der Waals surface area (Å²) in [6, 6.07) is 11.8. The van der Waals surface area contributed by atoms with Gasteiger partial charge in [0.25, 0.3) is 0 Å². The maximum atomic E-state index is 12.9. The summed E-state index contributed by atoms with van der Waals surface area (Å²) >= 11 is 3.20. The van der Waals surface area contributed by atoms with Crippen molar-refractivity contribution in [3.8, 4) is 11.4 Å². The molecule has 8 heteroatoms. The van der Waals surface area contributed by atoms with E-state index in [0.717, 1.165) is 34.3 Å². The van der Waals surface area contributed by atoms with Gasteiger partial charge in [0.2, 0.25) is 5.91 Å². The van der Waals surface area contributed by atoms with Gasteiger partial charge in [-0.15, -0.1) is 28.5 Å². The topological polar surface area (TPSA) is 63.9 Å². The Morgan fingerprint density at radius 1 is 1.21 bits per heavy atom. The van der Waals surface area contributed by atoms with E-state index < -0.39 is 0 Å². The number of nitrogens with zero attached hydrogens (tertiary/aromatic N) is 5. The highest BCUT2D eigenvalue weighted by molar-refractivity contribution is 8.00. The molecule has 3 heterocycles. The van der Waals surface area contributed by atoms with Crippen molar-refractivity contribution in [2.45, 2.75) is 16.6 Å². The van der Waals surface area contributed by atoms with Gasteiger partial charge in [0.1, 0.15) is 0 Å². The van der Waals surface area contributed by atoms with Gasteiger partial charge in [0.05, 0.1) is 11.4 Å². The number of anilines is 1. The number of para-hydroxylation sites is 1. The molecule has 0 fully saturated rings. The van der Waals surface area contributed by atoms with Gasteiger partial charge in [-0.25, -0.2) is 0 Å². The van der Waals surface area contributed by atoms with E-state index >= 15 is 0 Å². The largest absolute Gasteiger partial charge is 0.310 e. The summed E-state index contributed by atoms with van der Waals surface area (Å²) in [6.07, 6.45) is 5.26. The van der Waals surface area contributed by atoms with Crippen molar-refractivity contribution in [1.82, 2.24) is 19.7 Å². The third-order valence-electron chi connectivity index (χ3n) is 4.32. The van der Waals surface area contributed by atoms with Gasteiger partial charge in [0.15, 0.2) is 11.0 Å². The molecular weight excluding hydrogens is 390 g/mol. The van der Waals surface area contributed by atoms with Crippen LogP contribution in [0.4, 0.5) is 5.69 Å². The summed E-state index contributed by atoms with van der Waals surface area (Å²) in [7, 11) is 0. The molecule has 28 heavy (non-hydrogen) atoms. The normalized spacial score (nSPS) is 13.2. The second-order valence-electron chi connectivity index (χ2n) is 6.09. The summed E-state index contributed by atoms with van der Waals surface area (Å²) in [5.74, 6) is 2.05. The van der Waals surface area contributed by atoms with Crippen molar-refractivity contribution < 1.29 is 4.79 Å². The highest BCUT2D eigenvalue weighted by atomic mass is 32.2. The molecule has 1 aliphatic heterocycles. The summed E-state index contributed by atoms with van der Waals surface area (Å²) in [6.45, 7) is 5.13. The Labute approximate surface area is 172 Å². The van der Waals surface area contributed by atoms with Crippen LogP contribution in [0.2, 0.25) is 0 Å². The molecular formula is C20H19N5OS2. The van der Waals surface area contributed by atoms with Crippen LogP contribution in [-0.4, -0.2) is 43.7 Å². The number of carbonyl (C=O) groups is 1. The molecule has 2 aromatic heterocycles. The van der Waals surface area contributed by atoms with Gasteiger partial charge >= 0.3 is 0 Å². The van der Waals surface area contributed by atoms with E-state index in [1.54, 1.807) is 30.2 Å². The van der Waals surface area contributed by atoms with Gasteiger partial charge in [-0.2, -0.15) is 0 Å². The Balaban J connectivity index is 1.52. The molecule has 1 aromatic carbocycles. The number of amides is 1. The minimum atomic E-state index is 0.0800. The number of pyridine rings is 1. The van der Waals surface area contributed by atoms with Gasteiger partial charge < -0.3 is 4.90 Å². The lowest BCUT2D eigenvalue weighted by Gasteiger charge is -2.28. The zero-order chi connectivity index (χ0) is 19.3. The van der Waals surface area contributed by atoms with E-state index in [4.69, 9.17) is 0 Å². The van der Waals surface area contributed by atoms with Crippen molar-refractivity contribution in [1.29, 1.82) is 0 Å². The molecule has 0 unspecified atom stereocenters. The SMILES string of the molecule is C=CCn1c(SCC(=O)N2CCSc3ccccc32)nnc1-c1ccncc1. The zero-order valence-corrected chi connectivity index (χ0v) is 16.8. The average molecular weight is 410 g/mol. The average Bonchev–Trinajstić information content (AvgIpc) is 3.15. The zero-order valence-electron chi connectivity index (χ0n) is 15.2. The number of benzene rings is 1. The van der Waals surface area contributed by atoms with Gasteiger partial charge in [-0.05, 0) is 24.3 Å². The van der Waals surface area contributed by atoms with E-state index in [9.17, 15) is 4.79 Å². The molecule has 0 atom stereocenters. The Bertz CT molecular complexity index is 989. The number of rotatable bonds is 6. The van der Waals surface area contributed by atoms with E-state index in [1.807, 2.05) is 39.8 Å². The van der Waals surface area contributed by atoms with Gasteiger partial charge in [0, 0.05) is 41.7 Å². The third-order valence-corrected chi connectivity index (χ3v) is 6.32. The van der Waals surface area contributed by atoms with Crippen molar-refractivity contribution >= 4 is 35.1 Å². The summed E-state index contributed by atoms with van der Waals surface area (Å²) < 4.78 is 1.97. The fourth-order valence-electron chi connectivity index (χ4n) is 3.04. The smallest absolute Gasteiger partial charge is 0.237 e. The lowest BCUT2D eigenvalue weighted by Crippen LogP contribution is -2.36. The van der Waals surface area contributed by atoms with Crippen LogP contribution in [0, 0.1) is 0 Å². The van der Waals surface area contributed by atoms with E-state index in [-0.39, 0.29) is 5.91 Å². The third kappa shape index (κ3) is 3.83. The molecule has 142 valence electrons. The van der Waals surface area contributed by atoms with Crippen LogP contribution in [0.1, 0.15) is 0 Å². The monoisotopic (exact) mass is 409 g/mol. The molecule has 1 amide bonds. The van der Waals surface area contributed by atoms with Crippen LogP contribution >= 0.6 is 23.5 Å². The van der Waals surface area contributed by atoms with Crippen molar-refractivity contribution in [2.75, 3.05) is 23.0 Å². The van der Waals surface area contributed by atoms with Crippen molar-refractivity contribution in [2.24, 2.45) is 0 Å². The lowest BCUT2D eigenvalue weighted by molar-refractivity contribution is -0.116. The molecule has 0 aliphatic carbocycles. The van der Waals surface area contributed by atoms with Gasteiger partial charge in [-0.1, -0.05) is 30.0 Å². The Kier molecular flexibility index (Phi) is 5.78. The summed E-state index contributed by atoms with van der Waals surface area (Å²) in [4.78, 5) is 20.0. The van der Waals surface area contributed by atoms with Crippen LogP contribution in [-0.2, 0) is 11.3 Å². The second kappa shape index (κ2) is 8.62. The fourth-order valence-corrected chi connectivity index (χ4v) is 4.85. The van der Waals surface area contributed by atoms with Crippen LogP contribution in [0.25, 0.3) is 11.4 Å². The number of carbonyl (C=O) groups excluding carboxylic acids is 1. The lowest BCUT2D eigenvalue weighted by atomic mass is 10.2. The Hall–Kier alpha value is -2.58. The van der Waals surface area contributed by atoms with E-state index in [0.29, 0.717) is 17.5 Å². The minimum absolute atomic E-state index is 0.0800. The Morgan fingerprint density at radius 2 is 2.04 bits per heavy atom. The number of hydrogen-bond acceptors (Lipinski definition) is 6. The number of hydrogen-bond donors (Lipinski definition) is 0. The number of fused-ring (bicyclic) bond motifs is 1. The second-order valence-corrected chi connectivity index (χ2v) is 8.17. The first-order chi connectivity index (χ1) is 13.8. The van der Waals surface area contributed by atoms with Crippen LogP contribution in [0.15, 0.2) is 71.5 Å². The highest BCUT2D eigenvalue weighted by Crippen LogP contribution is 2.35. The van der Waals surface area contributed by atoms with E-state index in [1.165, 1.54) is 11.8 Å². The summed E-state index contributed by atoms with van der Waals surface area (Å²) in [5.41, 5.74) is 1.93. The summed E-state index contributed by atoms with van der Waals surface area (Å²) in [5, 5.41) is 9.33. The first kappa shape index (κ1) is 18.8. The molecule has 0 spiro atoms. The van der Waals surface area contributed by atoms with Gasteiger partial charge in [-0.3, -0.25) is 14.3 Å². The molecule has 3 aromatic rings. The van der Waals surface area contributed by atoms with Crippen LogP contribution < -0.4 is 4.90 Å². The van der Waals surface area contributed by atoms with Crippen molar-refractivity contribution in [3.63, 3.8) is 0 Å². The number of aromatic nitrogens is 4. The standard InChI is InChI=1S/C20H19N5OS2/c1-2-11-25-19(15-7-9-21-10-8-15)22-23-20(25)28-14-18(26)24-12-13-27-17-6-4-3-5-16(17)24/h2-10H,1,11-14H2. The van der Waals surface area contributed by atoms with Crippen LogP contribution in [0.5, 0.6) is 0 Å². The Morgan fingerprint density at radius 3 is 2.86 bits per heavy atom. The number of thioether (sulfide) groups is 2. The number of allylic oxidation sites excluding steroid dienone is 1. The molecule has 1 aliphatic rings. The quantitative estimate of drug-likeness (QED) is 0.456.